The number of rotatable bonds is 12. The van der Waals surface area contributed by atoms with E-state index >= 15 is 0 Å². The quantitative estimate of drug-likeness (QED) is 0.299. The van der Waals surface area contributed by atoms with E-state index in [0.717, 1.165) is 12.8 Å². The first-order chi connectivity index (χ1) is 8.68. The second-order valence-electron chi connectivity index (χ2n) is 4.87. The minimum absolute atomic E-state index is 0.522. The highest BCUT2D eigenvalue weighted by atomic mass is 16.4. The Balaban J connectivity index is 3.17. The largest absolute Gasteiger partial charge is 0.502 e. The average Bonchev–Trinajstić information content (AvgIpc) is 2.35. The van der Waals surface area contributed by atoms with Gasteiger partial charge in [-0.05, 0) is 18.9 Å². The maximum Gasteiger partial charge on any atom is 0.370 e. The summed E-state index contributed by atoms with van der Waals surface area (Å²) >= 11 is 0. The summed E-state index contributed by atoms with van der Waals surface area (Å²) in [5, 5.41) is 17.4. The van der Waals surface area contributed by atoms with Crippen LogP contribution in [-0.2, 0) is 4.79 Å². The lowest BCUT2D eigenvalue weighted by atomic mass is 10.1. The molecule has 0 aliphatic heterocycles. The van der Waals surface area contributed by atoms with Crippen molar-refractivity contribution in [2.75, 3.05) is 0 Å². The Labute approximate surface area is 111 Å². The predicted octanol–water partition coefficient (Wildman–Crippen LogP) is 4.82. The second-order valence-corrected chi connectivity index (χ2v) is 4.87. The van der Waals surface area contributed by atoms with E-state index in [1.807, 2.05) is 0 Å². The number of carbonyl (C=O) groups is 1. The van der Waals surface area contributed by atoms with Crippen LogP contribution in [0.4, 0.5) is 0 Å². The number of hydrogen-bond acceptors (Lipinski definition) is 2. The summed E-state index contributed by atoms with van der Waals surface area (Å²) < 4.78 is 0. The Morgan fingerprint density at radius 2 is 1.28 bits per heavy atom. The maximum absolute atomic E-state index is 10.3. The van der Waals surface area contributed by atoms with Crippen LogP contribution in [0, 0.1) is 0 Å². The SMILES string of the molecule is CCCCCCCCCCCCC=C(O)C(=O)O. The fourth-order valence-electron chi connectivity index (χ4n) is 1.96. The highest BCUT2D eigenvalue weighted by Crippen LogP contribution is 2.11. The molecule has 0 fully saturated rings. The van der Waals surface area contributed by atoms with Crippen LogP contribution in [0.2, 0.25) is 0 Å². The van der Waals surface area contributed by atoms with E-state index in [-0.39, 0.29) is 0 Å². The van der Waals surface area contributed by atoms with E-state index in [9.17, 15) is 4.79 Å². The Morgan fingerprint density at radius 1 is 0.833 bits per heavy atom. The molecule has 0 aromatic carbocycles. The van der Waals surface area contributed by atoms with Crippen molar-refractivity contribution in [3.05, 3.63) is 11.8 Å². The molecule has 106 valence electrons. The van der Waals surface area contributed by atoms with Gasteiger partial charge in [0.15, 0.2) is 5.76 Å². The van der Waals surface area contributed by atoms with Crippen molar-refractivity contribution >= 4 is 5.97 Å². The molecule has 0 unspecified atom stereocenters. The van der Waals surface area contributed by atoms with Crippen LogP contribution in [0.15, 0.2) is 11.8 Å². The van der Waals surface area contributed by atoms with E-state index in [0.29, 0.717) is 6.42 Å². The standard InChI is InChI=1S/C15H28O3/c1-2-3-4-5-6-7-8-9-10-11-12-13-14(16)15(17)18/h13,16H,2-12H2,1H3,(H,17,18). The topological polar surface area (TPSA) is 57.5 Å². The monoisotopic (exact) mass is 256 g/mol. The molecule has 2 N–H and O–H groups in total. The van der Waals surface area contributed by atoms with E-state index < -0.39 is 11.7 Å². The number of unbranched alkanes of at least 4 members (excludes halogenated alkanes) is 10. The van der Waals surface area contributed by atoms with Crippen molar-refractivity contribution in [3.8, 4) is 0 Å². The summed E-state index contributed by atoms with van der Waals surface area (Å²) in [6.45, 7) is 2.23. The smallest absolute Gasteiger partial charge is 0.370 e. The fourth-order valence-corrected chi connectivity index (χ4v) is 1.96. The van der Waals surface area contributed by atoms with Crippen molar-refractivity contribution in [2.24, 2.45) is 0 Å². The van der Waals surface area contributed by atoms with Crippen molar-refractivity contribution in [1.29, 1.82) is 0 Å². The summed E-state index contributed by atoms with van der Waals surface area (Å²) in [6.07, 6.45) is 14.7. The molecule has 0 saturated heterocycles. The first-order valence-corrected chi connectivity index (χ1v) is 7.31. The third-order valence-corrected chi connectivity index (χ3v) is 3.11. The lowest BCUT2D eigenvalue weighted by molar-refractivity contribution is -0.135. The Hall–Kier alpha value is -0.990. The molecule has 18 heavy (non-hydrogen) atoms. The van der Waals surface area contributed by atoms with Crippen LogP contribution in [-0.4, -0.2) is 16.2 Å². The third kappa shape index (κ3) is 11.5. The number of carboxylic acids is 1. The molecule has 0 rings (SSSR count). The van der Waals surface area contributed by atoms with Gasteiger partial charge in [0.05, 0.1) is 0 Å². The van der Waals surface area contributed by atoms with Crippen LogP contribution >= 0.6 is 0 Å². The molecule has 0 aromatic rings. The zero-order valence-corrected chi connectivity index (χ0v) is 11.7. The van der Waals surface area contributed by atoms with Crippen LogP contribution in [0.5, 0.6) is 0 Å². The van der Waals surface area contributed by atoms with Crippen molar-refractivity contribution in [3.63, 3.8) is 0 Å². The van der Waals surface area contributed by atoms with Crippen LogP contribution in [0.1, 0.15) is 77.6 Å². The predicted molar refractivity (Wildman–Crippen MR) is 74.8 cm³/mol. The lowest BCUT2D eigenvalue weighted by Gasteiger charge is -2.01. The van der Waals surface area contributed by atoms with E-state index in [1.54, 1.807) is 0 Å². The molecule has 0 atom stereocenters. The molecule has 3 nitrogen and oxygen atoms in total. The molecular formula is C15H28O3. The number of allylic oxidation sites excluding steroid dienone is 1. The molecule has 0 amide bonds. The lowest BCUT2D eigenvalue weighted by Crippen LogP contribution is -1.98. The van der Waals surface area contributed by atoms with Gasteiger partial charge in [-0.25, -0.2) is 4.79 Å². The second kappa shape index (κ2) is 12.5. The van der Waals surface area contributed by atoms with Gasteiger partial charge in [-0.1, -0.05) is 64.7 Å². The molecule has 0 spiro atoms. The fraction of sp³-hybridized carbons (Fsp3) is 0.800. The van der Waals surface area contributed by atoms with E-state index in [4.69, 9.17) is 10.2 Å². The normalized spacial score (nSPS) is 11.7. The molecule has 0 heterocycles. The zero-order valence-electron chi connectivity index (χ0n) is 11.7. The highest BCUT2D eigenvalue weighted by molar-refractivity contribution is 5.83. The number of aliphatic carboxylic acids is 1. The number of aliphatic hydroxyl groups is 1. The van der Waals surface area contributed by atoms with Crippen molar-refractivity contribution in [1.82, 2.24) is 0 Å². The molecule has 0 aromatic heterocycles. The third-order valence-electron chi connectivity index (χ3n) is 3.11. The first kappa shape index (κ1) is 17.0. The van der Waals surface area contributed by atoms with Gasteiger partial charge in [0, 0.05) is 0 Å². The zero-order chi connectivity index (χ0) is 13.6. The van der Waals surface area contributed by atoms with E-state index in [2.05, 4.69) is 6.92 Å². The Morgan fingerprint density at radius 3 is 1.72 bits per heavy atom. The van der Waals surface area contributed by atoms with Crippen LogP contribution in [0.25, 0.3) is 0 Å². The molecule has 0 aliphatic carbocycles. The summed E-state index contributed by atoms with van der Waals surface area (Å²) in [6, 6.07) is 0. The first-order valence-electron chi connectivity index (χ1n) is 7.31. The Kier molecular flexibility index (Phi) is 11.8. The summed E-state index contributed by atoms with van der Waals surface area (Å²) in [7, 11) is 0. The van der Waals surface area contributed by atoms with Gasteiger partial charge in [-0.3, -0.25) is 0 Å². The van der Waals surface area contributed by atoms with Crippen molar-refractivity contribution in [2.45, 2.75) is 77.6 Å². The van der Waals surface area contributed by atoms with Gasteiger partial charge in [0.2, 0.25) is 0 Å². The van der Waals surface area contributed by atoms with Crippen molar-refractivity contribution < 1.29 is 15.0 Å². The summed E-state index contributed by atoms with van der Waals surface area (Å²) in [5.41, 5.74) is 0. The van der Waals surface area contributed by atoms with Gasteiger partial charge in [-0.2, -0.15) is 0 Å². The molecule has 3 heteroatoms. The minimum atomic E-state index is -1.23. The number of hydrogen-bond donors (Lipinski definition) is 2. The molecule has 0 bridgehead atoms. The van der Waals surface area contributed by atoms with Gasteiger partial charge in [-0.15, -0.1) is 0 Å². The van der Waals surface area contributed by atoms with Gasteiger partial charge >= 0.3 is 5.97 Å². The highest BCUT2D eigenvalue weighted by Gasteiger charge is 2.01. The summed E-state index contributed by atoms with van der Waals surface area (Å²) in [5.74, 6) is -1.76. The number of carboxylic acid groups (broad SMARTS) is 1. The molecule has 0 aliphatic rings. The molecular weight excluding hydrogens is 228 g/mol. The molecule has 0 saturated carbocycles. The van der Waals surface area contributed by atoms with Crippen LogP contribution in [0.3, 0.4) is 0 Å². The van der Waals surface area contributed by atoms with Gasteiger partial charge in [0.1, 0.15) is 0 Å². The molecule has 0 radical (unpaired) electrons. The van der Waals surface area contributed by atoms with Gasteiger partial charge in [0.25, 0.3) is 0 Å². The Bertz CT molecular complexity index is 234. The average molecular weight is 256 g/mol. The minimum Gasteiger partial charge on any atom is -0.502 e. The van der Waals surface area contributed by atoms with E-state index in [1.165, 1.54) is 57.4 Å². The maximum atomic E-state index is 10.3. The van der Waals surface area contributed by atoms with Gasteiger partial charge < -0.3 is 10.2 Å². The van der Waals surface area contributed by atoms with Crippen LogP contribution < -0.4 is 0 Å². The summed E-state index contributed by atoms with van der Waals surface area (Å²) in [4.78, 5) is 10.3. The number of aliphatic hydroxyl groups excluding tert-OH is 1.